The molecule has 0 aromatic heterocycles. The van der Waals surface area contributed by atoms with E-state index in [0.717, 1.165) is 0 Å². The van der Waals surface area contributed by atoms with E-state index in [1.807, 2.05) is 6.07 Å². The van der Waals surface area contributed by atoms with E-state index in [1.165, 1.54) is 12.1 Å². The van der Waals surface area contributed by atoms with E-state index in [4.69, 9.17) is 26.4 Å². The van der Waals surface area contributed by atoms with E-state index in [9.17, 15) is 14.4 Å². The SMILES string of the molecule is CC(C)OC(=O)C(N)(C(=O)O)c1ccccc1.NC(C(=O)O)c1ccccc1. The number of carbonyl (C=O) groups is 3. The molecule has 0 aliphatic carbocycles. The Labute approximate surface area is 162 Å². The Kier molecular flexibility index (Phi) is 8.30. The number of hydrogen-bond donors (Lipinski definition) is 4. The van der Waals surface area contributed by atoms with Gasteiger partial charge in [-0.25, -0.2) is 9.59 Å². The van der Waals surface area contributed by atoms with Gasteiger partial charge in [0.05, 0.1) is 6.10 Å². The zero-order valence-electron chi connectivity index (χ0n) is 15.6. The van der Waals surface area contributed by atoms with Crippen molar-refractivity contribution < 1.29 is 29.3 Å². The van der Waals surface area contributed by atoms with Crippen molar-refractivity contribution in [3.63, 3.8) is 0 Å². The van der Waals surface area contributed by atoms with Crippen LogP contribution in [0.1, 0.15) is 31.0 Å². The lowest BCUT2D eigenvalue weighted by Gasteiger charge is -2.24. The topological polar surface area (TPSA) is 153 Å². The molecule has 0 radical (unpaired) electrons. The van der Waals surface area contributed by atoms with Crippen LogP contribution in [0.15, 0.2) is 60.7 Å². The van der Waals surface area contributed by atoms with Gasteiger partial charge in [0.25, 0.3) is 0 Å². The van der Waals surface area contributed by atoms with E-state index < -0.39 is 35.6 Å². The number of hydrogen-bond acceptors (Lipinski definition) is 6. The molecule has 8 nitrogen and oxygen atoms in total. The highest BCUT2D eigenvalue weighted by molar-refractivity contribution is 6.04. The maximum atomic E-state index is 11.8. The number of carboxylic acids is 2. The zero-order chi connectivity index (χ0) is 21.3. The summed E-state index contributed by atoms with van der Waals surface area (Å²) in [7, 11) is 0. The molecule has 0 saturated carbocycles. The van der Waals surface area contributed by atoms with Crippen LogP contribution in [-0.4, -0.2) is 34.2 Å². The molecule has 0 fully saturated rings. The predicted molar refractivity (Wildman–Crippen MR) is 102 cm³/mol. The quantitative estimate of drug-likeness (QED) is 0.430. The zero-order valence-corrected chi connectivity index (χ0v) is 15.6. The van der Waals surface area contributed by atoms with Gasteiger partial charge in [-0.05, 0) is 25.0 Å². The number of benzene rings is 2. The fraction of sp³-hybridized carbons (Fsp3) is 0.250. The van der Waals surface area contributed by atoms with Crippen LogP contribution >= 0.6 is 0 Å². The first-order valence-electron chi connectivity index (χ1n) is 8.42. The van der Waals surface area contributed by atoms with Crippen molar-refractivity contribution in [2.45, 2.75) is 31.5 Å². The normalized spacial score (nSPS) is 13.5. The minimum absolute atomic E-state index is 0.193. The molecule has 0 saturated heterocycles. The van der Waals surface area contributed by atoms with Crippen molar-refractivity contribution in [1.82, 2.24) is 0 Å². The minimum Gasteiger partial charge on any atom is -0.480 e. The number of aliphatic carboxylic acids is 2. The highest BCUT2D eigenvalue weighted by Crippen LogP contribution is 2.21. The number of esters is 1. The second kappa shape index (κ2) is 10.2. The number of ether oxygens (including phenoxy) is 1. The summed E-state index contributed by atoms with van der Waals surface area (Å²) in [6.45, 7) is 3.26. The van der Waals surface area contributed by atoms with Gasteiger partial charge in [-0.1, -0.05) is 60.7 Å². The fourth-order valence-corrected chi connectivity index (χ4v) is 2.14. The van der Waals surface area contributed by atoms with Gasteiger partial charge in [-0.2, -0.15) is 0 Å². The van der Waals surface area contributed by atoms with Gasteiger partial charge < -0.3 is 26.4 Å². The third-order valence-corrected chi connectivity index (χ3v) is 3.66. The summed E-state index contributed by atoms with van der Waals surface area (Å²) >= 11 is 0. The number of nitrogens with two attached hydrogens (primary N) is 2. The van der Waals surface area contributed by atoms with Crippen LogP contribution in [0.4, 0.5) is 0 Å². The van der Waals surface area contributed by atoms with Crippen LogP contribution in [0.2, 0.25) is 0 Å². The van der Waals surface area contributed by atoms with Crippen LogP contribution in [0.3, 0.4) is 0 Å². The average molecular weight is 388 g/mol. The lowest BCUT2D eigenvalue weighted by atomic mass is 9.91. The van der Waals surface area contributed by atoms with Crippen molar-refractivity contribution in [3.8, 4) is 0 Å². The maximum absolute atomic E-state index is 11.8. The predicted octanol–water partition coefficient (Wildman–Crippen LogP) is 1.65. The number of carboxylic acid groups (broad SMARTS) is 2. The molecule has 0 bridgehead atoms. The number of carbonyl (C=O) groups excluding carboxylic acids is 1. The van der Waals surface area contributed by atoms with E-state index in [2.05, 4.69) is 0 Å². The molecule has 0 aliphatic heterocycles. The molecule has 28 heavy (non-hydrogen) atoms. The van der Waals surface area contributed by atoms with Gasteiger partial charge in [0.2, 0.25) is 5.54 Å². The maximum Gasteiger partial charge on any atom is 0.342 e. The largest absolute Gasteiger partial charge is 0.480 e. The van der Waals surface area contributed by atoms with E-state index in [0.29, 0.717) is 5.56 Å². The van der Waals surface area contributed by atoms with Gasteiger partial charge in [-0.3, -0.25) is 4.79 Å². The molecule has 2 rings (SSSR count). The summed E-state index contributed by atoms with van der Waals surface area (Å²) in [6.07, 6.45) is -0.423. The molecule has 8 heteroatoms. The molecule has 6 N–H and O–H groups in total. The summed E-state index contributed by atoms with van der Waals surface area (Å²) in [5.41, 5.74) is 9.67. The molecule has 150 valence electrons. The molecule has 2 atom stereocenters. The van der Waals surface area contributed by atoms with Crippen LogP contribution in [0.5, 0.6) is 0 Å². The van der Waals surface area contributed by atoms with Crippen LogP contribution in [0, 0.1) is 0 Å². The fourth-order valence-electron chi connectivity index (χ4n) is 2.14. The molecule has 0 spiro atoms. The van der Waals surface area contributed by atoms with Crippen molar-refractivity contribution in [2.75, 3.05) is 0 Å². The molecule has 0 heterocycles. The summed E-state index contributed by atoms with van der Waals surface area (Å²) in [6, 6.07) is 15.7. The van der Waals surface area contributed by atoms with Crippen LogP contribution in [0.25, 0.3) is 0 Å². The highest BCUT2D eigenvalue weighted by Gasteiger charge is 2.46. The van der Waals surface area contributed by atoms with Crippen molar-refractivity contribution in [2.24, 2.45) is 11.5 Å². The van der Waals surface area contributed by atoms with Crippen molar-refractivity contribution >= 4 is 17.9 Å². The van der Waals surface area contributed by atoms with E-state index in [-0.39, 0.29) is 5.56 Å². The molecule has 0 aliphatic rings. The smallest absolute Gasteiger partial charge is 0.342 e. The molecule has 0 amide bonds. The Hall–Kier alpha value is -3.23. The Bertz CT molecular complexity index is 795. The second-order valence-electron chi connectivity index (χ2n) is 6.16. The lowest BCUT2D eigenvalue weighted by molar-refractivity contribution is -0.164. The minimum atomic E-state index is -2.16. The van der Waals surface area contributed by atoms with Gasteiger partial charge >= 0.3 is 17.9 Å². The van der Waals surface area contributed by atoms with Crippen molar-refractivity contribution in [3.05, 3.63) is 71.8 Å². The molecule has 2 aromatic carbocycles. The molecule has 2 aromatic rings. The third-order valence-electron chi connectivity index (χ3n) is 3.66. The monoisotopic (exact) mass is 388 g/mol. The standard InChI is InChI=1S/C12H15NO4.C8H9NO2/c1-8(2)17-11(16)12(13,10(14)15)9-6-4-3-5-7-9;9-7(8(10)11)6-4-2-1-3-5-6/h3-8H,13H2,1-2H3,(H,14,15);1-5,7H,9H2,(H,10,11). The van der Waals surface area contributed by atoms with Crippen molar-refractivity contribution in [1.29, 1.82) is 0 Å². The van der Waals surface area contributed by atoms with Crippen LogP contribution < -0.4 is 11.5 Å². The Morgan fingerprint density at radius 2 is 1.39 bits per heavy atom. The number of rotatable bonds is 6. The summed E-state index contributed by atoms with van der Waals surface area (Å²) in [5.74, 6) is -3.41. The Morgan fingerprint density at radius 3 is 1.79 bits per heavy atom. The van der Waals surface area contributed by atoms with E-state index >= 15 is 0 Å². The van der Waals surface area contributed by atoms with Gasteiger partial charge in [0, 0.05) is 0 Å². The van der Waals surface area contributed by atoms with E-state index in [1.54, 1.807) is 56.3 Å². The first kappa shape index (κ1) is 22.8. The molecular weight excluding hydrogens is 364 g/mol. The summed E-state index contributed by atoms with van der Waals surface area (Å²) < 4.78 is 4.89. The molecular formula is C20H24N2O6. The average Bonchev–Trinajstić information content (AvgIpc) is 2.67. The summed E-state index contributed by atoms with van der Waals surface area (Å²) in [5, 5.41) is 17.7. The van der Waals surface area contributed by atoms with Crippen LogP contribution in [-0.2, 0) is 24.7 Å². The van der Waals surface area contributed by atoms with Gasteiger partial charge in [0.15, 0.2) is 0 Å². The Balaban J connectivity index is 0.000000307. The van der Waals surface area contributed by atoms with Gasteiger partial charge in [0.1, 0.15) is 6.04 Å². The first-order chi connectivity index (χ1) is 13.1. The second-order valence-corrected chi connectivity index (χ2v) is 6.16. The lowest BCUT2D eigenvalue weighted by Crippen LogP contribution is -2.53. The summed E-state index contributed by atoms with van der Waals surface area (Å²) in [4.78, 5) is 33.4. The van der Waals surface area contributed by atoms with Gasteiger partial charge in [-0.15, -0.1) is 0 Å². The molecule has 2 unspecified atom stereocenters. The third kappa shape index (κ3) is 5.90. The first-order valence-corrected chi connectivity index (χ1v) is 8.42. The highest BCUT2D eigenvalue weighted by atomic mass is 16.5. The Morgan fingerprint density at radius 1 is 0.929 bits per heavy atom.